The summed E-state index contributed by atoms with van der Waals surface area (Å²) < 4.78 is 5.44. The van der Waals surface area contributed by atoms with Crippen molar-refractivity contribution in [2.75, 3.05) is 0 Å². The molecule has 0 fully saturated rings. The van der Waals surface area contributed by atoms with Crippen LogP contribution >= 0.6 is 15.9 Å². The van der Waals surface area contributed by atoms with Gasteiger partial charge in [0.05, 0.1) is 6.26 Å². The minimum absolute atomic E-state index is 0.399. The number of alkyl halides is 1. The van der Waals surface area contributed by atoms with Crippen molar-refractivity contribution in [2.45, 2.75) is 18.2 Å². The molecule has 13 heavy (non-hydrogen) atoms. The molecule has 1 atom stereocenters. The van der Waals surface area contributed by atoms with Crippen LogP contribution in [0.1, 0.15) is 23.7 Å². The van der Waals surface area contributed by atoms with Crippen molar-refractivity contribution in [3.8, 4) is 0 Å². The van der Waals surface area contributed by atoms with Crippen LogP contribution in [0.15, 0.2) is 34.9 Å². The Hall–Kier alpha value is -0.760. The first-order valence-corrected chi connectivity index (χ1v) is 5.34. The number of rotatable bonds is 2. The molecule has 0 bridgehead atoms. The summed E-state index contributed by atoms with van der Waals surface area (Å²) in [7, 11) is 0. The average Bonchev–Trinajstić information content (AvgIpc) is 2.60. The third-order valence-electron chi connectivity index (χ3n) is 2.21. The van der Waals surface area contributed by atoms with E-state index in [-0.39, 0.29) is 0 Å². The third-order valence-corrected chi connectivity index (χ3v) is 3.35. The van der Waals surface area contributed by atoms with Crippen molar-refractivity contribution in [3.05, 3.63) is 36.1 Å². The standard InChI is InChI=1S/C11H11BrO/c1-2-10(12)9-7-13-11-6-4-3-5-8(9)11/h3-7,10H,2H2,1H3. The molecule has 1 aromatic heterocycles. The van der Waals surface area contributed by atoms with Crippen LogP contribution < -0.4 is 0 Å². The second-order valence-corrected chi connectivity index (χ2v) is 4.17. The summed E-state index contributed by atoms with van der Waals surface area (Å²) >= 11 is 3.63. The zero-order valence-electron chi connectivity index (χ0n) is 7.46. The summed E-state index contributed by atoms with van der Waals surface area (Å²) in [5, 5.41) is 1.21. The Balaban J connectivity index is 2.57. The Bertz CT molecular complexity index is 405. The molecule has 68 valence electrons. The molecule has 0 N–H and O–H groups in total. The van der Waals surface area contributed by atoms with Crippen LogP contribution in [0.5, 0.6) is 0 Å². The van der Waals surface area contributed by atoms with Crippen molar-refractivity contribution in [1.82, 2.24) is 0 Å². The lowest BCUT2D eigenvalue weighted by Gasteiger charge is -2.02. The average molecular weight is 239 g/mol. The van der Waals surface area contributed by atoms with Gasteiger partial charge in [-0.25, -0.2) is 0 Å². The second-order valence-electron chi connectivity index (χ2n) is 3.06. The summed E-state index contributed by atoms with van der Waals surface area (Å²) in [6.07, 6.45) is 2.91. The van der Waals surface area contributed by atoms with Gasteiger partial charge in [0, 0.05) is 15.8 Å². The highest BCUT2D eigenvalue weighted by Gasteiger charge is 2.11. The third kappa shape index (κ3) is 1.51. The quantitative estimate of drug-likeness (QED) is 0.713. The van der Waals surface area contributed by atoms with Gasteiger partial charge in [0.2, 0.25) is 0 Å². The Labute approximate surface area is 85.9 Å². The van der Waals surface area contributed by atoms with Crippen LogP contribution in [-0.2, 0) is 0 Å². The van der Waals surface area contributed by atoms with E-state index in [2.05, 4.69) is 28.9 Å². The van der Waals surface area contributed by atoms with Crippen molar-refractivity contribution in [2.24, 2.45) is 0 Å². The van der Waals surface area contributed by atoms with Gasteiger partial charge in [-0.2, -0.15) is 0 Å². The first-order valence-electron chi connectivity index (χ1n) is 4.43. The van der Waals surface area contributed by atoms with Gasteiger partial charge in [-0.1, -0.05) is 41.1 Å². The molecule has 1 aromatic carbocycles. The molecule has 1 nitrogen and oxygen atoms in total. The highest BCUT2D eigenvalue weighted by molar-refractivity contribution is 9.09. The smallest absolute Gasteiger partial charge is 0.134 e. The molecule has 2 rings (SSSR count). The highest BCUT2D eigenvalue weighted by Crippen LogP contribution is 2.33. The van der Waals surface area contributed by atoms with Gasteiger partial charge in [0.25, 0.3) is 0 Å². The Morgan fingerprint density at radius 2 is 2.15 bits per heavy atom. The molecule has 0 spiro atoms. The van der Waals surface area contributed by atoms with E-state index in [1.54, 1.807) is 0 Å². The first kappa shape index (κ1) is 8.82. The van der Waals surface area contributed by atoms with Crippen LogP contribution in [-0.4, -0.2) is 0 Å². The predicted molar refractivity (Wildman–Crippen MR) is 58.2 cm³/mol. The monoisotopic (exact) mass is 238 g/mol. The number of para-hydroxylation sites is 1. The van der Waals surface area contributed by atoms with Crippen LogP contribution in [0.3, 0.4) is 0 Å². The van der Waals surface area contributed by atoms with Gasteiger partial charge in [0.1, 0.15) is 5.58 Å². The number of hydrogen-bond acceptors (Lipinski definition) is 1. The number of halogens is 1. The van der Waals surface area contributed by atoms with Crippen molar-refractivity contribution in [3.63, 3.8) is 0 Å². The van der Waals surface area contributed by atoms with Crippen LogP contribution in [0.2, 0.25) is 0 Å². The van der Waals surface area contributed by atoms with Crippen LogP contribution in [0.25, 0.3) is 11.0 Å². The summed E-state index contributed by atoms with van der Waals surface area (Å²) in [4.78, 5) is 0.399. The van der Waals surface area contributed by atoms with E-state index in [4.69, 9.17) is 4.42 Å². The number of furan rings is 1. The van der Waals surface area contributed by atoms with Gasteiger partial charge in [-0.05, 0) is 12.5 Å². The molecule has 0 aliphatic carbocycles. The van der Waals surface area contributed by atoms with E-state index in [0.29, 0.717) is 4.83 Å². The SMILES string of the molecule is CCC(Br)c1coc2ccccc12. The van der Waals surface area contributed by atoms with Gasteiger partial charge in [0.15, 0.2) is 0 Å². The van der Waals surface area contributed by atoms with E-state index >= 15 is 0 Å². The summed E-state index contributed by atoms with van der Waals surface area (Å²) in [6.45, 7) is 2.15. The molecule has 0 radical (unpaired) electrons. The summed E-state index contributed by atoms with van der Waals surface area (Å²) in [6, 6.07) is 8.12. The minimum Gasteiger partial charge on any atom is -0.464 e. The van der Waals surface area contributed by atoms with Crippen LogP contribution in [0.4, 0.5) is 0 Å². The van der Waals surface area contributed by atoms with E-state index in [1.807, 2.05) is 24.5 Å². The van der Waals surface area contributed by atoms with Crippen molar-refractivity contribution >= 4 is 26.9 Å². The van der Waals surface area contributed by atoms with E-state index in [0.717, 1.165) is 12.0 Å². The molecule has 1 heterocycles. The molecule has 0 saturated carbocycles. The van der Waals surface area contributed by atoms with Crippen molar-refractivity contribution < 1.29 is 4.42 Å². The molecule has 0 saturated heterocycles. The Kier molecular flexibility index (Phi) is 2.40. The molecule has 2 aromatic rings. The lowest BCUT2D eigenvalue weighted by molar-refractivity contribution is 0.609. The Morgan fingerprint density at radius 1 is 1.38 bits per heavy atom. The molecule has 1 unspecified atom stereocenters. The molecule has 0 amide bonds. The fourth-order valence-electron chi connectivity index (χ4n) is 1.46. The second kappa shape index (κ2) is 3.54. The maximum Gasteiger partial charge on any atom is 0.134 e. The zero-order valence-corrected chi connectivity index (χ0v) is 9.04. The zero-order chi connectivity index (χ0) is 9.26. The summed E-state index contributed by atoms with van der Waals surface area (Å²) in [5.74, 6) is 0. The van der Waals surface area contributed by atoms with E-state index in [1.165, 1.54) is 10.9 Å². The van der Waals surface area contributed by atoms with Crippen LogP contribution in [0, 0.1) is 0 Å². The van der Waals surface area contributed by atoms with Gasteiger partial charge in [-0.3, -0.25) is 0 Å². The fraction of sp³-hybridized carbons (Fsp3) is 0.273. The number of hydrogen-bond donors (Lipinski definition) is 0. The normalized spacial score (nSPS) is 13.4. The highest BCUT2D eigenvalue weighted by atomic mass is 79.9. The fourth-order valence-corrected chi connectivity index (χ4v) is 1.82. The molecular weight excluding hydrogens is 228 g/mol. The topological polar surface area (TPSA) is 13.1 Å². The maximum absolute atomic E-state index is 5.44. The molecule has 0 aliphatic rings. The first-order chi connectivity index (χ1) is 6.33. The lowest BCUT2D eigenvalue weighted by atomic mass is 10.1. The lowest BCUT2D eigenvalue weighted by Crippen LogP contribution is -1.83. The van der Waals surface area contributed by atoms with Gasteiger partial charge in [-0.15, -0.1) is 0 Å². The van der Waals surface area contributed by atoms with Crippen molar-refractivity contribution in [1.29, 1.82) is 0 Å². The molecule has 0 aliphatic heterocycles. The largest absolute Gasteiger partial charge is 0.464 e. The Morgan fingerprint density at radius 3 is 2.92 bits per heavy atom. The predicted octanol–water partition coefficient (Wildman–Crippen LogP) is 4.28. The maximum atomic E-state index is 5.44. The molecular formula is C11H11BrO. The van der Waals surface area contributed by atoms with E-state index < -0.39 is 0 Å². The molecule has 2 heteroatoms. The van der Waals surface area contributed by atoms with E-state index in [9.17, 15) is 0 Å². The summed E-state index contributed by atoms with van der Waals surface area (Å²) in [5.41, 5.74) is 2.22. The van der Waals surface area contributed by atoms with Gasteiger partial charge >= 0.3 is 0 Å². The number of benzene rings is 1. The number of fused-ring (bicyclic) bond motifs is 1. The minimum atomic E-state index is 0.399. The van der Waals surface area contributed by atoms with Gasteiger partial charge < -0.3 is 4.42 Å².